The van der Waals surface area contributed by atoms with E-state index in [1.54, 1.807) is 6.92 Å². The maximum Gasteiger partial charge on any atom is 0.294 e. The molecule has 2 aromatic rings. The lowest BCUT2D eigenvalue weighted by Crippen LogP contribution is -1.88. The molecule has 1 heterocycles. The van der Waals surface area contributed by atoms with E-state index in [0.29, 0.717) is 9.09 Å². The summed E-state index contributed by atoms with van der Waals surface area (Å²) in [6, 6.07) is 7.50. The molecule has 0 saturated carbocycles. The van der Waals surface area contributed by atoms with Crippen LogP contribution in [0.2, 0.25) is 0 Å². The predicted octanol–water partition coefficient (Wildman–Crippen LogP) is 4.48. The Kier molecular flexibility index (Phi) is 4.47. The lowest BCUT2D eigenvalue weighted by molar-refractivity contribution is -0.387. The van der Waals surface area contributed by atoms with Gasteiger partial charge in [-0.05, 0) is 38.0 Å². The normalized spacial score (nSPS) is 12.4. The van der Waals surface area contributed by atoms with Crippen LogP contribution in [0.3, 0.4) is 0 Å². The maximum atomic E-state index is 11.1. The molecule has 0 saturated heterocycles. The minimum Gasteiger partial charge on any atom is -0.388 e. The summed E-state index contributed by atoms with van der Waals surface area (Å²) in [6.07, 6.45) is -0.688. The minimum absolute atomic E-state index is 0.0665. The van der Waals surface area contributed by atoms with Crippen LogP contribution in [-0.4, -0.2) is 10.0 Å². The van der Waals surface area contributed by atoms with Crippen LogP contribution < -0.4 is 0 Å². The van der Waals surface area contributed by atoms with Crippen LogP contribution in [0.15, 0.2) is 33.4 Å². The number of thiophene rings is 1. The van der Waals surface area contributed by atoms with Crippen molar-refractivity contribution >= 4 is 28.8 Å². The van der Waals surface area contributed by atoms with Crippen LogP contribution >= 0.6 is 23.1 Å². The monoisotopic (exact) mass is 309 g/mol. The summed E-state index contributed by atoms with van der Waals surface area (Å²) in [5.41, 5.74) is 2.27. The molecule has 20 heavy (non-hydrogen) atoms. The average Bonchev–Trinajstić information content (AvgIpc) is 2.78. The highest BCUT2D eigenvalue weighted by Gasteiger charge is 2.22. The van der Waals surface area contributed by atoms with Crippen LogP contribution in [0, 0.1) is 24.0 Å². The molecule has 106 valence electrons. The van der Waals surface area contributed by atoms with Gasteiger partial charge in [0.25, 0.3) is 5.69 Å². The molecule has 2 rings (SSSR count). The summed E-state index contributed by atoms with van der Waals surface area (Å²) in [6.45, 7) is 5.59. The van der Waals surface area contributed by atoms with Gasteiger partial charge in [-0.25, -0.2) is 0 Å². The molecule has 1 atom stereocenters. The first kappa shape index (κ1) is 15.0. The molecule has 0 radical (unpaired) electrons. The van der Waals surface area contributed by atoms with Crippen molar-refractivity contribution in [3.63, 3.8) is 0 Å². The van der Waals surface area contributed by atoms with E-state index in [2.05, 4.69) is 0 Å². The van der Waals surface area contributed by atoms with Gasteiger partial charge < -0.3 is 5.11 Å². The zero-order chi connectivity index (χ0) is 14.9. The van der Waals surface area contributed by atoms with Gasteiger partial charge in [-0.15, -0.1) is 11.3 Å². The third-order valence-corrected chi connectivity index (χ3v) is 5.50. The second kappa shape index (κ2) is 5.95. The van der Waals surface area contributed by atoms with Crippen molar-refractivity contribution in [1.82, 2.24) is 0 Å². The van der Waals surface area contributed by atoms with E-state index in [1.165, 1.54) is 29.2 Å². The van der Waals surface area contributed by atoms with E-state index in [1.807, 2.05) is 32.0 Å². The van der Waals surface area contributed by atoms with Gasteiger partial charge in [0.15, 0.2) is 0 Å². The quantitative estimate of drug-likeness (QED) is 0.668. The zero-order valence-electron chi connectivity index (χ0n) is 11.4. The molecular weight excluding hydrogens is 294 g/mol. The smallest absolute Gasteiger partial charge is 0.294 e. The van der Waals surface area contributed by atoms with E-state index in [-0.39, 0.29) is 5.69 Å². The molecule has 4 nitrogen and oxygen atoms in total. The molecule has 0 aliphatic heterocycles. The molecule has 1 aromatic heterocycles. The lowest BCUT2D eigenvalue weighted by atomic mass is 10.2. The molecule has 0 spiro atoms. The second-order valence-corrected chi connectivity index (χ2v) is 7.02. The highest BCUT2D eigenvalue weighted by atomic mass is 32.2. The fourth-order valence-electron chi connectivity index (χ4n) is 1.71. The zero-order valence-corrected chi connectivity index (χ0v) is 13.0. The minimum atomic E-state index is -0.688. The van der Waals surface area contributed by atoms with Gasteiger partial charge in [0.05, 0.1) is 11.0 Å². The maximum absolute atomic E-state index is 11.1. The van der Waals surface area contributed by atoms with Gasteiger partial charge in [0.2, 0.25) is 0 Å². The van der Waals surface area contributed by atoms with Crippen molar-refractivity contribution in [2.45, 2.75) is 36.0 Å². The van der Waals surface area contributed by atoms with Crippen molar-refractivity contribution in [3.05, 3.63) is 50.4 Å². The number of benzene rings is 1. The van der Waals surface area contributed by atoms with E-state index < -0.39 is 11.0 Å². The van der Waals surface area contributed by atoms with Crippen molar-refractivity contribution < 1.29 is 10.0 Å². The fraction of sp³-hybridized carbons (Fsp3) is 0.286. The molecule has 0 fully saturated rings. The first-order valence-electron chi connectivity index (χ1n) is 6.09. The van der Waals surface area contributed by atoms with Crippen LogP contribution in [0.25, 0.3) is 0 Å². The topological polar surface area (TPSA) is 63.4 Å². The van der Waals surface area contributed by atoms with E-state index in [4.69, 9.17) is 0 Å². The largest absolute Gasteiger partial charge is 0.388 e. The molecule has 0 aliphatic carbocycles. The van der Waals surface area contributed by atoms with Gasteiger partial charge in [-0.3, -0.25) is 10.1 Å². The Bertz CT molecular complexity index is 650. The number of rotatable bonds is 4. The first-order valence-corrected chi connectivity index (χ1v) is 7.73. The Labute approximate surface area is 125 Å². The van der Waals surface area contributed by atoms with E-state index in [0.717, 1.165) is 16.0 Å². The summed E-state index contributed by atoms with van der Waals surface area (Å²) in [5.74, 6) is 0. The summed E-state index contributed by atoms with van der Waals surface area (Å²) in [7, 11) is 0. The van der Waals surface area contributed by atoms with Crippen molar-refractivity contribution in [1.29, 1.82) is 0 Å². The predicted molar refractivity (Wildman–Crippen MR) is 81.6 cm³/mol. The van der Waals surface area contributed by atoms with Crippen molar-refractivity contribution in [2.24, 2.45) is 0 Å². The number of nitrogens with zero attached hydrogens (tertiary/aromatic N) is 1. The van der Waals surface area contributed by atoms with Crippen molar-refractivity contribution in [3.8, 4) is 0 Å². The van der Waals surface area contributed by atoms with Gasteiger partial charge in [0, 0.05) is 15.8 Å². The standard InChI is InChI=1S/C14H15NO3S2/c1-8-4-5-9(2)12(6-8)19-14-11(15(17)18)7-13(20-14)10(3)16/h4-7,10,16H,1-3H3/t10-/m1/s1. The van der Waals surface area contributed by atoms with Gasteiger partial charge in [-0.2, -0.15) is 0 Å². The van der Waals surface area contributed by atoms with Crippen LogP contribution in [-0.2, 0) is 0 Å². The first-order chi connectivity index (χ1) is 9.38. The molecule has 6 heteroatoms. The number of nitro groups is 1. The molecule has 0 amide bonds. The van der Waals surface area contributed by atoms with Gasteiger partial charge >= 0.3 is 0 Å². The van der Waals surface area contributed by atoms with Crippen LogP contribution in [0.1, 0.15) is 29.0 Å². The van der Waals surface area contributed by atoms with Crippen LogP contribution in [0.5, 0.6) is 0 Å². The average molecular weight is 309 g/mol. The second-order valence-electron chi connectivity index (χ2n) is 4.63. The number of aliphatic hydroxyl groups is 1. The number of aliphatic hydroxyl groups excluding tert-OH is 1. The molecular formula is C14H15NO3S2. The SMILES string of the molecule is Cc1ccc(C)c(Sc2sc([C@@H](C)O)cc2[N+](=O)[O-])c1. The molecule has 0 bridgehead atoms. The lowest BCUT2D eigenvalue weighted by Gasteiger charge is -2.05. The van der Waals surface area contributed by atoms with Gasteiger partial charge in [0.1, 0.15) is 4.21 Å². The molecule has 0 unspecified atom stereocenters. The summed E-state index contributed by atoms with van der Waals surface area (Å²) >= 11 is 2.66. The third-order valence-electron chi connectivity index (χ3n) is 2.85. The highest BCUT2D eigenvalue weighted by molar-refractivity contribution is 8.01. The molecule has 1 N–H and O–H groups in total. The van der Waals surface area contributed by atoms with Gasteiger partial charge in [-0.1, -0.05) is 23.9 Å². The Morgan fingerprint density at radius 1 is 1.35 bits per heavy atom. The third kappa shape index (κ3) is 3.20. The number of hydrogen-bond acceptors (Lipinski definition) is 5. The Balaban J connectivity index is 2.42. The molecule has 1 aromatic carbocycles. The Morgan fingerprint density at radius 2 is 2.05 bits per heavy atom. The summed E-state index contributed by atoms with van der Waals surface area (Å²) in [4.78, 5) is 12.3. The highest BCUT2D eigenvalue weighted by Crippen LogP contribution is 2.43. The summed E-state index contributed by atoms with van der Waals surface area (Å²) < 4.78 is 0.611. The summed E-state index contributed by atoms with van der Waals surface area (Å²) in [5, 5.41) is 20.7. The number of aryl methyl sites for hydroxylation is 2. The fourth-order valence-corrected chi connectivity index (χ4v) is 4.14. The van der Waals surface area contributed by atoms with Crippen molar-refractivity contribution in [2.75, 3.05) is 0 Å². The molecule has 0 aliphatic rings. The Morgan fingerprint density at radius 3 is 2.65 bits per heavy atom. The van der Waals surface area contributed by atoms with E-state index in [9.17, 15) is 15.2 Å². The van der Waals surface area contributed by atoms with Crippen LogP contribution in [0.4, 0.5) is 5.69 Å². The number of hydrogen-bond donors (Lipinski definition) is 1. The van der Waals surface area contributed by atoms with E-state index >= 15 is 0 Å². The Hall–Kier alpha value is -1.37.